The number of aliphatic hydroxyl groups excluding tert-OH is 1. The molecule has 1 heterocycles. The number of ether oxygens (including phenoxy) is 1. The molecule has 1 aromatic carbocycles. The van der Waals surface area contributed by atoms with Crippen LogP contribution in [-0.2, 0) is 6.54 Å². The third kappa shape index (κ3) is 2.85. The predicted octanol–water partition coefficient (Wildman–Crippen LogP) is 3.14. The van der Waals surface area contributed by atoms with E-state index in [2.05, 4.69) is 12.0 Å². The molecule has 0 saturated carbocycles. The third-order valence-corrected chi connectivity index (χ3v) is 3.58. The van der Waals surface area contributed by atoms with Gasteiger partial charge in [-0.2, -0.15) is 5.10 Å². The summed E-state index contributed by atoms with van der Waals surface area (Å²) >= 11 is 0. The first-order valence-corrected chi connectivity index (χ1v) is 7.01. The van der Waals surface area contributed by atoms with Gasteiger partial charge < -0.3 is 9.84 Å². The van der Waals surface area contributed by atoms with Gasteiger partial charge in [0.2, 0.25) is 0 Å². The number of hydrogen-bond donors (Lipinski definition) is 1. The lowest BCUT2D eigenvalue weighted by Gasteiger charge is -2.21. The van der Waals surface area contributed by atoms with Crippen LogP contribution in [0.25, 0.3) is 0 Å². The van der Waals surface area contributed by atoms with Gasteiger partial charge in [0.05, 0.1) is 13.3 Å². The van der Waals surface area contributed by atoms with Crippen molar-refractivity contribution in [2.24, 2.45) is 0 Å². The Morgan fingerprint density at radius 3 is 2.60 bits per heavy atom. The van der Waals surface area contributed by atoms with E-state index in [-0.39, 0.29) is 5.92 Å². The maximum Gasteiger partial charge on any atom is 0.162 e. The second-order valence-electron chi connectivity index (χ2n) is 4.97. The minimum Gasteiger partial charge on any atom is -0.493 e. The van der Waals surface area contributed by atoms with Gasteiger partial charge in [0.15, 0.2) is 5.75 Å². The standard InChI is InChI=1S/C16H22N2O2/c1-4-10-18-15(14(20-3)11-17-18)16(19)12(2)13-8-6-5-7-9-13/h5-9,11-12,16,19H,4,10H2,1-3H3. The topological polar surface area (TPSA) is 47.3 Å². The van der Waals surface area contributed by atoms with Crippen molar-refractivity contribution >= 4 is 0 Å². The quantitative estimate of drug-likeness (QED) is 0.880. The van der Waals surface area contributed by atoms with Gasteiger partial charge in [0.1, 0.15) is 11.8 Å². The monoisotopic (exact) mass is 274 g/mol. The SMILES string of the molecule is CCCn1ncc(OC)c1C(O)C(C)c1ccccc1. The highest BCUT2D eigenvalue weighted by Gasteiger charge is 2.25. The van der Waals surface area contributed by atoms with Gasteiger partial charge in [0.25, 0.3) is 0 Å². The van der Waals surface area contributed by atoms with E-state index in [1.807, 2.05) is 41.9 Å². The van der Waals surface area contributed by atoms with E-state index in [0.717, 1.165) is 24.2 Å². The van der Waals surface area contributed by atoms with Crippen LogP contribution in [0.4, 0.5) is 0 Å². The summed E-state index contributed by atoms with van der Waals surface area (Å²) in [5, 5.41) is 15.0. The molecule has 4 nitrogen and oxygen atoms in total. The van der Waals surface area contributed by atoms with Crippen molar-refractivity contribution in [1.29, 1.82) is 0 Å². The second kappa shape index (κ2) is 6.57. The van der Waals surface area contributed by atoms with Crippen molar-refractivity contribution in [2.45, 2.75) is 38.8 Å². The largest absolute Gasteiger partial charge is 0.493 e. The molecule has 1 aromatic heterocycles. The van der Waals surface area contributed by atoms with Crippen molar-refractivity contribution in [2.75, 3.05) is 7.11 Å². The molecule has 0 bridgehead atoms. The van der Waals surface area contributed by atoms with Crippen LogP contribution in [0.15, 0.2) is 36.5 Å². The van der Waals surface area contributed by atoms with Crippen LogP contribution >= 0.6 is 0 Å². The molecular weight excluding hydrogens is 252 g/mol. The van der Waals surface area contributed by atoms with Crippen molar-refractivity contribution in [3.05, 3.63) is 47.8 Å². The predicted molar refractivity (Wildman–Crippen MR) is 78.9 cm³/mol. The Balaban J connectivity index is 2.32. The summed E-state index contributed by atoms with van der Waals surface area (Å²) in [6.07, 6.45) is 2.00. The number of rotatable bonds is 6. The van der Waals surface area contributed by atoms with Crippen LogP contribution in [0, 0.1) is 0 Å². The summed E-state index contributed by atoms with van der Waals surface area (Å²) in [5.41, 5.74) is 1.86. The Labute approximate surface area is 120 Å². The first-order valence-electron chi connectivity index (χ1n) is 7.01. The summed E-state index contributed by atoms with van der Waals surface area (Å²) in [4.78, 5) is 0. The zero-order chi connectivity index (χ0) is 14.5. The molecule has 0 radical (unpaired) electrons. The van der Waals surface area contributed by atoms with E-state index in [9.17, 15) is 5.11 Å². The van der Waals surface area contributed by atoms with Crippen LogP contribution in [0.5, 0.6) is 5.75 Å². The lowest BCUT2D eigenvalue weighted by Crippen LogP contribution is -2.15. The molecule has 0 amide bonds. The molecule has 2 rings (SSSR count). The first-order chi connectivity index (χ1) is 9.69. The van der Waals surface area contributed by atoms with Crippen molar-refractivity contribution in [3.63, 3.8) is 0 Å². The lowest BCUT2D eigenvalue weighted by molar-refractivity contribution is 0.137. The van der Waals surface area contributed by atoms with Crippen LogP contribution < -0.4 is 4.74 Å². The number of aliphatic hydroxyl groups is 1. The third-order valence-electron chi connectivity index (χ3n) is 3.58. The molecule has 2 unspecified atom stereocenters. The van der Waals surface area contributed by atoms with E-state index in [0.29, 0.717) is 5.75 Å². The fraction of sp³-hybridized carbons (Fsp3) is 0.438. The smallest absolute Gasteiger partial charge is 0.162 e. The minimum atomic E-state index is -0.638. The van der Waals surface area contributed by atoms with Gasteiger partial charge in [-0.25, -0.2) is 0 Å². The van der Waals surface area contributed by atoms with E-state index in [1.54, 1.807) is 13.3 Å². The molecule has 2 atom stereocenters. The molecule has 2 aromatic rings. The number of methoxy groups -OCH3 is 1. The Hall–Kier alpha value is -1.81. The summed E-state index contributed by atoms with van der Waals surface area (Å²) < 4.78 is 7.17. The molecule has 0 aliphatic carbocycles. The van der Waals surface area contributed by atoms with Gasteiger partial charge in [0, 0.05) is 12.5 Å². The molecule has 0 saturated heterocycles. The van der Waals surface area contributed by atoms with Crippen molar-refractivity contribution in [1.82, 2.24) is 9.78 Å². The zero-order valence-electron chi connectivity index (χ0n) is 12.3. The normalized spacial score (nSPS) is 14.0. The van der Waals surface area contributed by atoms with Crippen LogP contribution in [-0.4, -0.2) is 22.0 Å². The van der Waals surface area contributed by atoms with Gasteiger partial charge in [-0.15, -0.1) is 0 Å². The highest BCUT2D eigenvalue weighted by molar-refractivity contribution is 5.31. The molecule has 108 valence electrons. The van der Waals surface area contributed by atoms with E-state index >= 15 is 0 Å². The molecule has 4 heteroatoms. The summed E-state index contributed by atoms with van der Waals surface area (Å²) in [6.45, 7) is 4.88. The second-order valence-corrected chi connectivity index (χ2v) is 4.97. The maximum absolute atomic E-state index is 10.7. The lowest BCUT2D eigenvalue weighted by atomic mass is 9.93. The molecule has 0 aliphatic rings. The average molecular weight is 274 g/mol. The van der Waals surface area contributed by atoms with Gasteiger partial charge in [-0.3, -0.25) is 4.68 Å². The number of aromatic nitrogens is 2. The van der Waals surface area contributed by atoms with Crippen molar-refractivity contribution < 1.29 is 9.84 Å². The fourth-order valence-corrected chi connectivity index (χ4v) is 2.40. The molecule has 0 spiro atoms. The highest BCUT2D eigenvalue weighted by atomic mass is 16.5. The van der Waals surface area contributed by atoms with Crippen LogP contribution in [0.1, 0.15) is 43.5 Å². The van der Waals surface area contributed by atoms with E-state index < -0.39 is 6.10 Å². The van der Waals surface area contributed by atoms with Crippen LogP contribution in [0.2, 0.25) is 0 Å². The fourth-order valence-electron chi connectivity index (χ4n) is 2.40. The number of nitrogens with zero attached hydrogens (tertiary/aromatic N) is 2. The molecular formula is C16H22N2O2. The highest BCUT2D eigenvalue weighted by Crippen LogP contribution is 2.35. The summed E-state index contributed by atoms with van der Waals surface area (Å²) in [7, 11) is 1.61. The molecule has 1 N–H and O–H groups in total. The van der Waals surface area contributed by atoms with Gasteiger partial charge >= 0.3 is 0 Å². The van der Waals surface area contributed by atoms with Gasteiger partial charge in [-0.05, 0) is 12.0 Å². The van der Waals surface area contributed by atoms with Gasteiger partial charge in [-0.1, -0.05) is 44.2 Å². The Bertz CT molecular complexity index is 537. The average Bonchev–Trinajstić information content (AvgIpc) is 2.90. The minimum absolute atomic E-state index is 0.0163. The molecule has 0 aliphatic heterocycles. The summed E-state index contributed by atoms with van der Waals surface area (Å²) in [6, 6.07) is 10.0. The van der Waals surface area contributed by atoms with E-state index in [1.165, 1.54) is 0 Å². The Morgan fingerprint density at radius 2 is 2.00 bits per heavy atom. The Kier molecular flexibility index (Phi) is 4.79. The first kappa shape index (κ1) is 14.6. The maximum atomic E-state index is 10.7. The Morgan fingerprint density at radius 1 is 1.30 bits per heavy atom. The zero-order valence-corrected chi connectivity index (χ0v) is 12.3. The number of aryl methyl sites for hydroxylation is 1. The van der Waals surface area contributed by atoms with E-state index in [4.69, 9.17) is 4.74 Å². The van der Waals surface area contributed by atoms with Crippen LogP contribution in [0.3, 0.4) is 0 Å². The molecule has 20 heavy (non-hydrogen) atoms. The number of hydrogen-bond acceptors (Lipinski definition) is 3. The number of benzene rings is 1. The molecule has 0 fully saturated rings. The van der Waals surface area contributed by atoms with Crippen molar-refractivity contribution in [3.8, 4) is 5.75 Å². The summed E-state index contributed by atoms with van der Waals surface area (Å²) in [5.74, 6) is 0.631.